The predicted molar refractivity (Wildman–Crippen MR) is 59.9 cm³/mol. The summed E-state index contributed by atoms with van der Waals surface area (Å²) < 4.78 is 5.37. The fourth-order valence-electron chi connectivity index (χ4n) is 1.31. The van der Waals surface area contributed by atoms with Crippen molar-refractivity contribution in [2.45, 2.75) is 26.4 Å². The molecule has 4 nitrogen and oxygen atoms in total. The van der Waals surface area contributed by atoms with Crippen LogP contribution in [0.3, 0.4) is 0 Å². The Kier molecular flexibility index (Phi) is 4.31. The third kappa shape index (κ3) is 2.97. The number of aliphatic hydroxyl groups is 1. The fourth-order valence-corrected chi connectivity index (χ4v) is 1.31. The predicted octanol–water partition coefficient (Wildman–Crippen LogP) is 1.84. The van der Waals surface area contributed by atoms with E-state index in [2.05, 4.69) is 0 Å². The van der Waals surface area contributed by atoms with Gasteiger partial charge in [0.25, 0.3) is 0 Å². The molecule has 0 heterocycles. The zero-order valence-electron chi connectivity index (χ0n) is 9.43. The van der Waals surface area contributed by atoms with E-state index >= 15 is 0 Å². The molecule has 0 radical (unpaired) electrons. The van der Waals surface area contributed by atoms with E-state index in [0.717, 1.165) is 0 Å². The number of rotatable bonds is 5. The van der Waals surface area contributed by atoms with Crippen LogP contribution >= 0.6 is 0 Å². The highest BCUT2D eigenvalue weighted by molar-refractivity contribution is 5.90. The molecule has 1 aromatic rings. The van der Waals surface area contributed by atoms with E-state index in [1.54, 1.807) is 19.1 Å². The second-order valence-electron chi connectivity index (χ2n) is 3.61. The number of ether oxygens (including phenoxy) is 1. The highest BCUT2D eigenvalue weighted by atomic mass is 16.5. The van der Waals surface area contributed by atoms with Gasteiger partial charge < -0.3 is 14.9 Å². The minimum Gasteiger partial charge on any atom is -0.491 e. The molecule has 0 aliphatic carbocycles. The number of carboxylic acids is 1. The van der Waals surface area contributed by atoms with Crippen LogP contribution in [0.4, 0.5) is 0 Å². The Hall–Kier alpha value is -1.55. The summed E-state index contributed by atoms with van der Waals surface area (Å²) in [6, 6.07) is 4.86. The van der Waals surface area contributed by atoms with Crippen LogP contribution in [-0.2, 0) is 0 Å². The highest BCUT2D eigenvalue weighted by Crippen LogP contribution is 2.21. The Morgan fingerprint density at radius 2 is 2.19 bits per heavy atom. The van der Waals surface area contributed by atoms with Gasteiger partial charge in [-0.05, 0) is 25.5 Å². The Balaban J connectivity index is 2.81. The lowest BCUT2D eigenvalue weighted by Crippen LogP contribution is -2.16. The second kappa shape index (κ2) is 5.51. The van der Waals surface area contributed by atoms with Crippen LogP contribution < -0.4 is 4.74 Å². The Labute approximate surface area is 94.5 Å². The molecule has 1 unspecified atom stereocenters. The molecule has 0 spiro atoms. The van der Waals surface area contributed by atoms with E-state index < -0.39 is 12.1 Å². The summed E-state index contributed by atoms with van der Waals surface area (Å²) in [5.41, 5.74) is 0.807. The highest BCUT2D eigenvalue weighted by Gasteiger charge is 2.11. The lowest BCUT2D eigenvalue weighted by molar-refractivity contribution is 0.0695. The third-order valence-corrected chi connectivity index (χ3v) is 2.42. The van der Waals surface area contributed by atoms with Crippen molar-refractivity contribution in [2.24, 2.45) is 0 Å². The average molecular weight is 224 g/mol. The van der Waals surface area contributed by atoms with Crippen LogP contribution in [0.15, 0.2) is 18.2 Å². The van der Waals surface area contributed by atoms with Gasteiger partial charge in [-0.2, -0.15) is 0 Å². The average Bonchev–Trinajstić information content (AvgIpc) is 2.26. The molecule has 0 saturated heterocycles. The van der Waals surface area contributed by atoms with Crippen molar-refractivity contribution >= 4 is 5.97 Å². The molecule has 2 N–H and O–H groups in total. The summed E-state index contributed by atoms with van der Waals surface area (Å²) in [4.78, 5) is 10.9. The minimum absolute atomic E-state index is 0.181. The first-order valence-electron chi connectivity index (χ1n) is 5.20. The van der Waals surface area contributed by atoms with Gasteiger partial charge in [-0.1, -0.05) is 13.0 Å². The van der Waals surface area contributed by atoms with Crippen molar-refractivity contribution in [1.29, 1.82) is 0 Å². The van der Waals surface area contributed by atoms with Crippen LogP contribution in [0.1, 0.15) is 29.3 Å². The maximum Gasteiger partial charge on any atom is 0.336 e. The molecule has 4 heteroatoms. The molecule has 0 bridgehead atoms. The third-order valence-electron chi connectivity index (χ3n) is 2.42. The van der Waals surface area contributed by atoms with Gasteiger partial charge in [-0.25, -0.2) is 4.79 Å². The fraction of sp³-hybridized carbons (Fsp3) is 0.417. The SMILES string of the molecule is CCC(O)COc1cccc(C(=O)O)c1C. The maximum atomic E-state index is 10.9. The first-order valence-corrected chi connectivity index (χ1v) is 5.20. The van der Waals surface area contributed by atoms with E-state index in [9.17, 15) is 9.90 Å². The summed E-state index contributed by atoms with van der Waals surface area (Å²) >= 11 is 0. The van der Waals surface area contributed by atoms with Gasteiger partial charge in [-0.15, -0.1) is 0 Å². The largest absolute Gasteiger partial charge is 0.491 e. The molecule has 0 fully saturated rings. The standard InChI is InChI=1S/C12H16O4/c1-3-9(13)7-16-11-6-4-5-10(8(11)2)12(14)15/h4-6,9,13H,3,7H2,1-2H3,(H,14,15). The molecule has 88 valence electrons. The summed E-state index contributed by atoms with van der Waals surface area (Å²) in [7, 11) is 0. The van der Waals surface area contributed by atoms with Gasteiger partial charge >= 0.3 is 5.97 Å². The van der Waals surface area contributed by atoms with Crippen molar-refractivity contribution in [3.8, 4) is 5.75 Å². The van der Waals surface area contributed by atoms with Gasteiger partial charge in [0.1, 0.15) is 12.4 Å². The molecule has 0 aliphatic heterocycles. The van der Waals surface area contributed by atoms with Gasteiger partial charge in [0.15, 0.2) is 0 Å². The first-order chi connectivity index (χ1) is 7.56. The van der Waals surface area contributed by atoms with Crippen LogP contribution in [0.5, 0.6) is 5.75 Å². The van der Waals surface area contributed by atoms with Gasteiger partial charge in [0.05, 0.1) is 11.7 Å². The van der Waals surface area contributed by atoms with Crippen LogP contribution in [0.25, 0.3) is 0 Å². The van der Waals surface area contributed by atoms with Crippen LogP contribution in [0, 0.1) is 6.92 Å². The number of aromatic carboxylic acids is 1. The Morgan fingerprint density at radius 3 is 2.75 bits per heavy atom. The minimum atomic E-state index is -0.973. The Morgan fingerprint density at radius 1 is 1.50 bits per heavy atom. The number of carboxylic acid groups (broad SMARTS) is 1. The van der Waals surface area contributed by atoms with Gasteiger partial charge in [0, 0.05) is 5.56 Å². The smallest absolute Gasteiger partial charge is 0.336 e. The molecular weight excluding hydrogens is 208 g/mol. The first kappa shape index (κ1) is 12.5. The number of hydrogen-bond donors (Lipinski definition) is 2. The van der Waals surface area contributed by atoms with Gasteiger partial charge in [-0.3, -0.25) is 0 Å². The van der Waals surface area contributed by atoms with E-state index in [4.69, 9.17) is 9.84 Å². The Bertz CT molecular complexity index is 373. The van der Waals surface area contributed by atoms with Gasteiger partial charge in [0.2, 0.25) is 0 Å². The molecule has 0 aromatic heterocycles. The van der Waals surface area contributed by atoms with Crippen molar-refractivity contribution in [1.82, 2.24) is 0 Å². The number of hydrogen-bond acceptors (Lipinski definition) is 3. The van der Waals surface area contributed by atoms with Crippen molar-refractivity contribution in [2.75, 3.05) is 6.61 Å². The molecule has 0 saturated carbocycles. The van der Waals surface area contributed by atoms with E-state index in [1.165, 1.54) is 6.07 Å². The maximum absolute atomic E-state index is 10.9. The molecule has 1 atom stereocenters. The lowest BCUT2D eigenvalue weighted by Gasteiger charge is -2.13. The molecule has 0 aliphatic rings. The molecule has 1 aromatic carbocycles. The number of benzene rings is 1. The zero-order valence-corrected chi connectivity index (χ0v) is 9.43. The second-order valence-corrected chi connectivity index (χ2v) is 3.61. The van der Waals surface area contributed by atoms with E-state index in [1.807, 2.05) is 6.92 Å². The van der Waals surface area contributed by atoms with Crippen LogP contribution in [0.2, 0.25) is 0 Å². The summed E-state index contributed by atoms with van der Waals surface area (Å²) in [6.07, 6.45) is 0.0883. The lowest BCUT2D eigenvalue weighted by atomic mass is 10.1. The van der Waals surface area contributed by atoms with Crippen molar-refractivity contribution in [3.63, 3.8) is 0 Å². The quantitative estimate of drug-likeness (QED) is 0.800. The molecular formula is C12H16O4. The monoisotopic (exact) mass is 224 g/mol. The topological polar surface area (TPSA) is 66.8 Å². The van der Waals surface area contributed by atoms with Crippen molar-refractivity contribution in [3.05, 3.63) is 29.3 Å². The van der Waals surface area contributed by atoms with E-state index in [-0.39, 0.29) is 12.2 Å². The zero-order chi connectivity index (χ0) is 12.1. The number of aliphatic hydroxyl groups excluding tert-OH is 1. The molecule has 1 rings (SSSR count). The van der Waals surface area contributed by atoms with Crippen molar-refractivity contribution < 1.29 is 19.7 Å². The van der Waals surface area contributed by atoms with E-state index in [0.29, 0.717) is 17.7 Å². The molecule has 0 amide bonds. The summed E-state index contributed by atoms with van der Waals surface area (Å²) in [5.74, 6) is -0.466. The molecule has 16 heavy (non-hydrogen) atoms. The summed E-state index contributed by atoms with van der Waals surface area (Å²) in [6.45, 7) is 3.73. The normalized spacial score (nSPS) is 12.2. The summed E-state index contributed by atoms with van der Waals surface area (Å²) in [5, 5.41) is 18.3. The van der Waals surface area contributed by atoms with Crippen LogP contribution in [-0.4, -0.2) is 28.9 Å². The number of carbonyl (C=O) groups is 1.